The number of hydrogen-bond acceptors (Lipinski definition) is 3. The number of nitrogens with zero attached hydrogens (tertiary/aromatic N) is 2. The first-order chi connectivity index (χ1) is 10.2. The zero-order valence-corrected chi connectivity index (χ0v) is 11.6. The van der Waals surface area contributed by atoms with Gasteiger partial charge in [-0.05, 0) is 19.1 Å². The minimum atomic E-state index is -0.586. The van der Waals surface area contributed by atoms with Gasteiger partial charge in [0.2, 0.25) is 0 Å². The van der Waals surface area contributed by atoms with E-state index in [0.717, 1.165) is 0 Å². The molecule has 0 aliphatic heterocycles. The fourth-order valence-electron chi connectivity index (χ4n) is 2.33. The van der Waals surface area contributed by atoms with E-state index in [0.29, 0.717) is 16.5 Å². The maximum absolute atomic E-state index is 12.5. The molecule has 2 aromatic carbocycles. The number of rotatable bonds is 3. The van der Waals surface area contributed by atoms with Crippen LogP contribution in [0.2, 0.25) is 0 Å². The highest BCUT2D eigenvalue weighted by molar-refractivity contribution is 5.98. The van der Waals surface area contributed by atoms with Crippen molar-refractivity contribution in [2.75, 3.05) is 0 Å². The Morgan fingerprint density at radius 3 is 2.48 bits per heavy atom. The van der Waals surface area contributed by atoms with Crippen LogP contribution in [-0.4, -0.2) is 15.3 Å². The van der Waals surface area contributed by atoms with Crippen molar-refractivity contribution in [2.45, 2.75) is 13.0 Å². The van der Waals surface area contributed by atoms with Gasteiger partial charge < -0.3 is 0 Å². The summed E-state index contributed by atoms with van der Waals surface area (Å²) in [5.74, 6) is -0.102. The summed E-state index contributed by atoms with van der Waals surface area (Å²) in [6.07, 6.45) is 1.44. The Balaban J connectivity index is 2.06. The quantitative estimate of drug-likeness (QED) is 0.692. The fraction of sp³-hybridized carbons (Fsp3) is 0.118. The second-order valence-electron chi connectivity index (χ2n) is 4.88. The van der Waals surface area contributed by atoms with Gasteiger partial charge in [0.25, 0.3) is 5.56 Å². The van der Waals surface area contributed by atoms with Crippen LogP contribution in [0.5, 0.6) is 0 Å². The molecular weight excluding hydrogens is 264 g/mol. The molecule has 3 rings (SSSR count). The van der Waals surface area contributed by atoms with Crippen molar-refractivity contribution in [1.82, 2.24) is 9.55 Å². The van der Waals surface area contributed by atoms with Crippen molar-refractivity contribution in [3.63, 3.8) is 0 Å². The van der Waals surface area contributed by atoms with Crippen LogP contribution in [0.25, 0.3) is 10.9 Å². The topological polar surface area (TPSA) is 52.0 Å². The van der Waals surface area contributed by atoms with Crippen LogP contribution in [0.15, 0.2) is 65.7 Å². The number of carbonyl (C=O) groups is 1. The van der Waals surface area contributed by atoms with Crippen molar-refractivity contribution < 1.29 is 4.79 Å². The zero-order chi connectivity index (χ0) is 14.8. The molecule has 21 heavy (non-hydrogen) atoms. The third-order valence-electron chi connectivity index (χ3n) is 3.55. The molecule has 0 saturated heterocycles. The number of ketones is 1. The number of benzene rings is 2. The molecule has 1 heterocycles. The molecule has 0 unspecified atom stereocenters. The molecule has 0 radical (unpaired) electrons. The minimum absolute atomic E-state index is 0.102. The second kappa shape index (κ2) is 5.32. The number of hydrogen-bond donors (Lipinski definition) is 0. The molecule has 0 fully saturated rings. The predicted octanol–water partition coefficient (Wildman–Crippen LogP) is 2.84. The van der Waals surface area contributed by atoms with Gasteiger partial charge in [0.05, 0.1) is 23.3 Å². The maximum atomic E-state index is 12.5. The third kappa shape index (κ3) is 2.36. The lowest BCUT2D eigenvalue weighted by atomic mass is 10.1. The van der Waals surface area contributed by atoms with Crippen molar-refractivity contribution in [3.8, 4) is 0 Å². The number of para-hydroxylation sites is 1. The van der Waals surface area contributed by atoms with Crippen molar-refractivity contribution >= 4 is 16.7 Å². The van der Waals surface area contributed by atoms with Gasteiger partial charge in [0.1, 0.15) is 0 Å². The van der Waals surface area contributed by atoms with E-state index < -0.39 is 6.04 Å². The SMILES string of the molecule is C[C@@H](C(=O)c1ccccc1)n1cnc2ccccc2c1=O. The van der Waals surface area contributed by atoms with E-state index in [4.69, 9.17) is 0 Å². The van der Waals surface area contributed by atoms with E-state index in [1.807, 2.05) is 12.1 Å². The fourth-order valence-corrected chi connectivity index (χ4v) is 2.33. The van der Waals surface area contributed by atoms with Gasteiger partial charge >= 0.3 is 0 Å². The molecular formula is C17H14N2O2. The van der Waals surface area contributed by atoms with E-state index >= 15 is 0 Å². The normalized spacial score (nSPS) is 12.2. The van der Waals surface area contributed by atoms with Crippen LogP contribution in [-0.2, 0) is 0 Å². The predicted molar refractivity (Wildman–Crippen MR) is 81.5 cm³/mol. The first kappa shape index (κ1) is 13.2. The molecule has 3 aromatic rings. The molecule has 0 aliphatic carbocycles. The van der Waals surface area contributed by atoms with E-state index in [2.05, 4.69) is 4.98 Å². The summed E-state index contributed by atoms with van der Waals surface area (Å²) < 4.78 is 1.39. The van der Waals surface area contributed by atoms with Crippen LogP contribution in [0.4, 0.5) is 0 Å². The molecule has 1 atom stereocenters. The Bertz CT molecular complexity index is 853. The van der Waals surface area contributed by atoms with Crippen molar-refractivity contribution in [1.29, 1.82) is 0 Å². The van der Waals surface area contributed by atoms with Crippen LogP contribution in [0.1, 0.15) is 23.3 Å². The van der Waals surface area contributed by atoms with E-state index in [1.165, 1.54) is 10.9 Å². The maximum Gasteiger partial charge on any atom is 0.261 e. The molecule has 4 heteroatoms. The lowest BCUT2D eigenvalue weighted by Crippen LogP contribution is -2.28. The van der Waals surface area contributed by atoms with E-state index in [-0.39, 0.29) is 11.3 Å². The Morgan fingerprint density at radius 2 is 1.71 bits per heavy atom. The smallest absolute Gasteiger partial charge is 0.261 e. The molecule has 0 amide bonds. The highest BCUT2D eigenvalue weighted by Crippen LogP contribution is 2.13. The highest BCUT2D eigenvalue weighted by Gasteiger charge is 2.18. The minimum Gasteiger partial charge on any atom is -0.292 e. The van der Waals surface area contributed by atoms with Gasteiger partial charge in [0, 0.05) is 5.56 Å². The van der Waals surface area contributed by atoms with Crippen LogP contribution < -0.4 is 5.56 Å². The van der Waals surface area contributed by atoms with Crippen LogP contribution >= 0.6 is 0 Å². The monoisotopic (exact) mass is 278 g/mol. The van der Waals surface area contributed by atoms with Gasteiger partial charge in [-0.2, -0.15) is 0 Å². The molecule has 104 valence electrons. The first-order valence-electron chi connectivity index (χ1n) is 6.73. The first-order valence-corrected chi connectivity index (χ1v) is 6.73. The molecule has 0 N–H and O–H groups in total. The Morgan fingerprint density at radius 1 is 1.05 bits per heavy atom. The van der Waals surface area contributed by atoms with Gasteiger partial charge in [-0.1, -0.05) is 42.5 Å². The Labute approximate surface area is 121 Å². The molecule has 1 aromatic heterocycles. The molecule has 4 nitrogen and oxygen atoms in total. The second-order valence-corrected chi connectivity index (χ2v) is 4.88. The summed E-state index contributed by atoms with van der Waals surface area (Å²) in [7, 11) is 0. The van der Waals surface area contributed by atoms with E-state index in [1.54, 1.807) is 49.4 Å². The highest BCUT2D eigenvalue weighted by atomic mass is 16.1. The van der Waals surface area contributed by atoms with Crippen molar-refractivity contribution in [2.24, 2.45) is 0 Å². The summed E-state index contributed by atoms with van der Waals surface area (Å²) in [5, 5.41) is 0.521. The average Bonchev–Trinajstić information content (AvgIpc) is 2.55. The lowest BCUT2D eigenvalue weighted by Gasteiger charge is -2.14. The van der Waals surface area contributed by atoms with Crippen LogP contribution in [0.3, 0.4) is 0 Å². The Hall–Kier alpha value is -2.75. The van der Waals surface area contributed by atoms with Gasteiger partial charge in [0.15, 0.2) is 5.78 Å². The summed E-state index contributed by atoms with van der Waals surface area (Å²) >= 11 is 0. The molecule has 0 aliphatic rings. The van der Waals surface area contributed by atoms with Gasteiger partial charge in [-0.3, -0.25) is 14.2 Å². The van der Waals surface area contributed by atoms with Crippen molar-refractivity contribution in [3.05, 3.63) is 76.8 Å². The molecule has 0 spiro atoms. The molecule has 0 bridgehead atoms. The number of Topliss-reactive ketones (excluding diaryl/α,β-unsaturated/α-hetero) is 1. The van der Waals surface area contributed by atoms with Gasteiger partial charge in [-0.25, -0.2) is 4.98 Å². The third-order valence-corrected chi connectivity index (χ3v) is 3.55. The van der Waals surface area contributed by atoms with Crippen LogP contribution in [0, 0.1) is 0 Å². The summed E-state index contributed by atoms with van der Waals surface area (Å²) in [6.45, 7) is 1.72. The summed E-state index contributed by atoms with van der Waals surface area (Å²) in [5.41, 5.74) is 1.03. The van der Waals surface area contributed by atoms with E-state index in [9.17, 15) is 9.59 Å². The summed E-state index contributed by atoms with van der Waals surface area (Å²) in [4.78, 5) is 29.2. The number of aromatic nitrogens is 2. The Kier molecular flexibility index (Phi) is 3.36. The summed E-state index contributed by atoms with van der Waals surface area (Å²) in [6, 6.07) is 15.5. The molecule has 0 saturated carbocycles. The van der Waals surface area contributed by atoms with Gasteiger partial charge in [-0.15, -0.1) is 0 Å². The number of carbonyl (C=O) groups excluding carboxylic acids is 1. The standard InChI is InChI=1S/C17H14N2O2/c1-12(16(20)13-7-3-2-4-8-13)19-11-18-15-10-6-5-9-14(15)17(19)21/h2-12H,1H3/t12-/m0/s1. The zero-order valence-electron chi connectivity index (χ0n) is 11.6. The largest absolute Gasteiger partial charge is 0.292 e. The average molecular weight is 278 g/mol. The lowest BCUT2D eigenvalue weighted by molar-refractivity contribution is 0.0932. The number of fused-ring (bicyclic) bond motifs is 1.